The minimum atomic E-state index is -0.297. The van der Waals surface area contributed by atoms with Crippen LogP contribution in [0.4, 0.5) is 4.39 Å². The average molecular weight is 500 g/mol. The van der Waals surface area contributed by atoms with Gasteiger partial charge in [0.2, 0.25) is 0 Å². The number of benzene rings is 3. The third-order valence-corrected chi connectivity index (χ3v) is 7.12. The highest BCUT2D eigenvalue weighted by Crippen LogP contribution is 2.28. The zero-order valence-corrected chi connectivity index (χ0v) is 21.7. The number of fused-ring (bicyclic) bond motifs is 1. The topological polar surface area (TPSA) is 48.6 Å². The molecule has 0 saturated carbocycles. The van der Waals surface area contributed by atoms with Crippen molar-refractivity contribution in [2.75, 3.05) is 20.1 Å². The fourth-order valence-corrected chi connectivity index (χ4v) is 5.11. The molecule has 6 heteroatoms. The number of piperidine rings is 1. The van der Waals surface area contributed by atoms with E-state index >= 15 is 4.39 Å². The largest absolute Gasteiger partial charge is 0.491 e. The van der Waals surface area contributed by atoms with Gasteiger partial charge in [-0.05, 0) is 112 Å². The molecular weight excluding hydrogens is 465 g/mol. The third-order valence-electron chi connectivity index (χ3n) is 7.12. The number of nitrogens with zero attached hydrogens (tertiary/aromatic N) is 2. The van der Waals surface area contributed by atoms with Gasteiger partial charge in [-0.1, -0.05) is 18.2 Å². The van der Waals surface area contributed by atoms with E-state index in [1.807, 2.05) is 67.4 Å². The van der Waals surface area contributed by atoms with Crippen molar-refractivity contribution in [2.24, 2.45) is 0 Å². The lowest BCUT2D eigenvalue weighted by Gasteiger charge is -2.37. The summed E-state index contributed by atoms with van der Waals surface area (Å²) in [6.45, 7) is 5.95. The lowest BCUT2D eigenvalue weighted by atomic mass is 9.98. The first-order chi connectivity index (χ1) is 17.9. The summed E-state index contributed by atoms with van der Waals surface area (Å²) in [6, 6.07) is 20.8. The lowest BCUT2D eigenvalue weighted by molar-refractivity contribution is 0.0566. The molecule has 3 aromatic carbocycles. The van der Waals surface area contributed by atoms with Gasteiger partial charge in [-0.2, -0.15) is 0 Å². The summed E-state index contributed by atoms with van der Waals surface area (Å²) in [5.74, 6) is 0.272. The first kappa shape index (κ1) is 25.0. The highest BCUT2D eigenvalue weighted by molar-refractivity contribution is 5.95. The fraction of sp³-hybridized carbons (Fsp3) is 0.323. The smallest absolute Gasteiger partial charge is 0.254 e. The van der Waals surface area contributed by atoms with Crippen LogP contribution in [0.2, 0.25) is 0 Å². The van der Waals surface area contributed by atoms with Crippen molar-refractivity contribution in [3.05, 3.63) is 89.9 Å². The molecule has 1 N–H and O–H groups in total. The summed E-state index contributed by atoms with van der Waals surface area (Å²) in [5, 5.41) is 1.11. The number of hydrogen-bond acceptors (Lipinski definition) is 3. The van der Waals surface area contributed by atoms with E-state index in [1.165, 1.54) is 6.07 Å². The molecule has 192 valence electrons. The SMILES string of the molecule is CC(C)Oc1cccc(C(=O)N(Cc2cc(-c3ccc4[nH]ccc4c3)ccc2F)C2CCN(C)CC2)c1. The Morgan fingerprint density at radius 1 is 1.05 bits per heavy atom. The van der Waals surface area contributed by atoms with Gasteiger partial charge in [-0.15, -0.1) is 0 Å². The lowest BCUT2D eigenvalue weighted by Crippen LogP contribution is -2.46. The Bertz CT molecular complexity index is 1390. The molecule has 1 aromatic heterocycles. The third kappa shape index (κ3) is 5.70. The highest BCUT2D eigenvalue weighted by atomic mass is 19.1. The first-order valence-electron chi connectivity index (χ1n) is 13.0. The Balaban J connectivity index is 1.47. The minimum absolute atomic E-state index is 0.0117. The molecule has 0 radical (unpaired) electrons. The molecular formula is C31H34FN3O2. The summed E-state index contributed by atoms with van der Waals surface area (Å²) in [5.41, 5.74) is 4.10. The zero-order valence-electron chi connectivity index (χ0n) is 21.7. The molecule has 37 heavy (non-hydrogen) atoms. The number of carbonyl (C=O) groups excluding carboxylic acids is 1. The van der Waals surface area contributed by atoms with Crippen molar-refractivity contribution in [3.63, 3.8) is 0 Å². The van der Waals surface area contributed by atoms with Crippen molar-refractivity contribution in [2.45, 2.75) is 45.4 Å². The van der Waals surface area contributed by atoms with E-state index in [0.717, 1.165) is 48.0 Å². The zero-order chi connectivity index (χ0) is 25.9. The number of aromatic amines is 1. The summed E-state index contributed by atoms with van der Waals surface area (Å²) in [6.07, 6.45) is 3.64. The van der Waals surface area contributed by atoms with Crippen LogP contribution >= 0.6 is 0 Å². The Kier molecular flexibility index (Phi) is 7.28. The number of aromatic nitrogens is 1. The molecule has 4 aromatic rings. The number of ether oxygens (including phenoxy) is 1. The van der Waals surface area contributed by atoms with Crippen LogP contribution in [0.15, 0.2) is 72.9 Å². The summed E-state index contributed by atoms with van der Waals surface area (Å²) in [7, 11) is 2.10. The normalized spacial score (nSPS) is 14.8. The van der Waals surface area contributed by atoms with Crippen LogP contribution in [0.25, 0.3) is 22.0 Å². The molecule has 1 aliphatic rings. The standard InChI is InChI=1S/C31H34FN3O2/c1-21(2)37-28-6-4-5-25(19-28)31(36)35(27-12-15-34(3)16-13-27)20-26-18-22(7-9-29(26)32)23-8-10-30-24(17-23)11-14-33-30/h4-11,14,17-19,21,27,33H,12-13,15-16,20H2,1-3H3. The van der Waals surface area contributed by atoms with Crippen LogP contribution in [0.5, 0.6) is 5.75 Å². The number of H-pyrrole nitrogens is 1. The quantitative estimate of drug-likeness (QED) is 0.316. The van der Waals surface area contributed by atoms with Gasteiger partial charge in [-0.3, -0.25) is 4.79 Å². The van der Waals surface area contributed by atoms with Crippen molar-refractivity contribution in [1.29, 1.82) is 0 Å². The van der Waals surface area contributed by atoms with Crippen LogP contribution in [-0.2, 0) is 6.54 Å². The maximum Gasteiger partial charge on any atom is 0.254 e. The molecule has 5 rings (SSSR count). The van der Waals surface area contributed by atoms with E-state index in [1.54, 1.807) is 12.1 Å². The van der Waals surface area contributed by atoms with Crippen molar-refractivity contribution in [1.82, 2.24) is 14.8 Å². The van der Waals surface area contributed by atoms with E-state index in [4.69, 9.17) is 4.74 Å². The van der Waals surface area contributed by atoms with Crippen molar-refractivity contribution in [3.8, 4) is 16.9 Å². The van der Waals surface area contributed by atoms with Crippen LogP contribution in [0, 0.1) is 5.82 Å². The van der Waals surface area contributed by atoms with Gasteiger partial charge in [0, 0.05) is 35.4 Å². The minimum Gasteiger partial charge on any atom is -0.491 e. The van der Waals surface area contributed by atoms with Gasteiger partial charge < -0.3 is 19.5 Å². The molecule has 1 fully saturated rings. The number of amides is 1. The van der Waals surface area contributed by atoms with E-state index < -0.39 is 0 Å². The fourth-order valence-electron chi connectivity index (χ4n) is 5.11. The molecule has 0 bridgehead atoms. The first-order valence-corrected chi connectivity index (χ1v) is 13.0. The van der Waals surface area contributed by atoms with Gasteiger partial charge in [-0.25, -0.2) is 4.39 Å². The number of carbonyl (C=O) groups is 1. The molecule has 1 amide bonds. The van der Waals surface area contributed by atoms with E-state index in [9.17, 15) is 4.79 Å². The Morgan fingerprint density at radius 2 is 1.81 bits per heavy atom. The number of rotatable bonds is 7. The summed E-state index contributed by atoms with van der Waals surface area (Å²) < 4.78 is 21.0. The molecule has 2 heterocycles. The molecule has 0 atom stereocenters. The molecule has 0 aliphatic carbocycles. The van der Waals surface area contributed by atoms with Crippen LogP contribution in [0.1, 0.15) is 42.6 Å². The number of likely N-dealkylation sites (tertiary alicyclic amines) is 1. The molecule has 5 nitrogen and oxygen atoms in total. The average Bonchev–Trinajstić information content (AvgIpc) is 3.36. The second-order valence-electron chi connectivity index (χ2n) is 10.2. The molecule has 1 saturated heterocycles. The Hall–Kier alpha value is -3.64. The van der Waals surface area contributed by atoms with E-state index in [0.29, 0.717) is 16.9 Å². The van der Waals surface area contributed by atoms with Gasteiger partial charge in [0.25, 0.3) is 5.91 Å². The van der Waals surface area contributed by atoms with Crippen LogP contribution < -0.4 is 4.74 Å². The van der Waals surface area contributed by atoms with Gasteiger partial charge >= 0.3 is 0 Å². The maximum absolute atomic E-state index is 15.2. The van der Waals surface area contributed by atoms with Gasteiger partial charge in [0.15, 0.2) is 0 Å². The molecule has 1 aliphatic heterocycles. The van der Waals surface area contributed by atoms with Crippen LogP contribution in [-0.4, -0.2) is 53.0 Å². The van der Waals surface area contributed by atoms with Crippen LogP contribution in [0.3, 0.4) is 0 Å². The second kappa shape index (κ2) is 10.8. The Labute approximate surface area is 217 Å². The predicted molar refractivity (Wildman–Crippen MR) is 146 cm³/mol. The predicted octanol–water partition coefficient (Wildman–Crippen LogP) is 6.50. The summed E-state index contributed by atoms with van der Waals surface area (Å²) in [4.78, 5) is 21.2. The molecule has 0 unspecified atom stereocenters. The van der Waals surface area contributed by atoms with Crippen molar-refractivity contribution < 1.29 is 13.9 Å². The van der Waals surface area contributed by atoms with Gasteiger partial charge in [0.05, 0.1) is 6.10 Å². The summed E-state index contributed by atoms with van der Waals surface area (Å²) >= 11 is 0. The monoisotopic (exact) mass is 499 g/mol. The number of hydrogen-bond donors (Lipinski definition) is 1. The molecule has 0 spiro atoms. The van der Waals surface area contributed by atoms with Gasteiger partial charge in [0.1, 0.15) is 11.6 Å². The number of halogens is 1. The van der Waals surface area contributed by atoms with E-state index in [-0.39, 0.29) is 30.4 Å². The maximum atomic E-state index is 15.2. The van der Waals surface area contributed by atoms with E-state index in [2.05, 4.69) is 23.0 Å². The number of nitrogens with one attached hydrogen (secondary N) is 1. The second-order valence-corrected chi connectivity index (χ2v) is 10.2. The van der Waals surface area contributed by atoms with Crippen molar-refractivity contribution >= 4 is 16.8 Å². The highest BCUT2D eigenvalue weighted by Gasteiger charge is 2.29. The Morgan fingerprint density at radius 3 is 2.59 bits per heavy atom.